The van der Waals surface area contributed by atoms with E-state index in [-0.39, 0.29) is 0 Å². The zero-order valence-corrected chi connectivity index (χ0v) is 42.5. The first kappa shape index (κ1) is 46.7. The molecule has 62 heavy (non-hydrogen) atoms. The van der Waals surface area contributed by atoms with Crippen molar-refractivity contribution >= 4 is 69.6 Å². The average molecular weight is 951 g/mol. The fourth-order valence-corrected chi connectivity index (χ4v) is 11.0. The Balaban J connectivity index is 0.000000166. The van der Waals surface area contributed by atoms with E-state index in [9.17, 15) is 0 Å². The number of hydrogen-bond donors (Lipinski definition) is 0. The number of benzene rings is 6. The van der Waals surface area contributed by atoms with Crippen molar-refractivity contribution in [1.29, 1.82) is 0 Å². The summed E-state index contributed by atoms with van der Waals surface area (Å²) in [7, 11) is 11.0. The molecule has 2 aliphatic carbocycles. The Morgan fingerprint density at radius 2 is 0.790 bits per heavy atom. The van der Waals surface area contributed by atoms with E-state index < -0.39 is 20.8 Å². The molecule has 0 nitrogen and oxygen atoms in total. The third-order valence-corrected chi connectivity index (χ3v) is 14.3. The zero-order chi connectivity index (χ0) is 43.4. The van der Waals surface area contributed by atoms with E-state index in [1.807, 2.05) is 0 Å². The minimum absolute atomic E-state index is 0.530. The van der Waals surface area contributed by atoms with Crippen LogP contribution in [0.5, 0.6) is 0 Å². The van der Waals surface area contributed by atoms with Crippen molar-refractivity contribution in [3.05, 3.63) is 157 Å². The summed E-state index contributed by atoms with van der Waals surface area (Å²) >= 11 is -0.826. The molecule has 0 unspecified atom stereocenters. The van der Waals surface area contributed by atoms with E-state index >= 15 is 0 Å². The Kier molecular flexibility index (Phi) is 17.0. The summed E-state index contributed by atoms with van der Waals surface area (Å²) in [6, 6.07) is 54.3. The van der Waals surface area contributed by atoms with Crippen LogP contribution in [0.2, 0.25) is 13.1 Å². The van der Waals surface area contributed by atoms with Crippen LogP contribution < -0.4 is 0 Å². The Morgan fingerprint density at radius 1 is 0.468 bits per heavy atom. The van der Waals surface area contributed by atoms with Crippen molar-refractivity contribution < 1.29 is 20.8 Å². The maximum atomic E-state index is 4.93. The first-order valence-corrected chi connectivity index (χ1v) is 31.6. The summed E-state index contributed by atoms with van der Waals surface area (Å²) < 4.78 is 0. The van der Waals surface area contributed by atoms with Crippen molar-refractivity contribution in [2.75, 3.05) is 0 Å². The first-order valence-electron chi connectivity index (χ1n) is 23.3. The SMILES string of the molecule is CCC1(Cc2cc3c(-c4cccc5ccccc45)cccc3[cH-]2)CCCCC1.CCC1(Cc2cc3c(-c4cccc5ccccc45)cccc3[cH-]2)CCCCC1.C[Si]C.[Cl][Zr+2][Cl]. The van der Waals surface area contributed by atoms with Gasteiger partial charge in [-0.3, -0.25) is 0 Å². The number of rotatable bonds is 8. The number of hydrogen-bond acceptors (Lipinski definition) is 0. The van der Waals surface area contributed by atoms with Gasteiger partial charge in [-0.1, -0.05) is 186 Å². The zero-order valence-electron chi connectivity index (χ0n) is 37.5. The molecule has 0 amide bonds. The van der Waals surface area contributed by atoms with Gasteiger partial charge < -0.3 is 0 Å². The second kappa shape index (κ2) is 22.6. The second-order valence-corrected chi connectivity index (χ2v) is 22.9. The van der Waals surface area contributed by atoms with E-state index in [1.165, 1.54) is 166 Å². The normalized spacial score (nSPS) is 15.5. The first-order chi connectivity index (χ1) is 30.4. The van der Waals surface area contributed by atoms with Gasteiger partial charge in [0.15, 0.2) is 0 Å². The third kappa shape index (κ3) is 11.0. The van der Waals surface area contributed by atoms with Crippen molar-refractivity contribution in [2.45, 2.75) is 117 Å². The van der Waals surface area contributed by atoms with Crippen molar-refractivity contribution in [1.82, 2.24) is 0 Å². The molecular formula is C58H64Cl2SiZr. The minimum atomic E-state index is -0.826. The fraction of sp³-hybridized carbons (Fsp3) is 0.345. The summed E-state index contributed by atoms with van der Waals surface area (Å²) in [4.78, 5) is 0. The molecule has 0 aromatic heterocycles. The van der Waals surface area contributed by atoms with Crippen LogP contribution in [-0.4, -0.2) is 9.52 Å². The Bertz CT molecular complexity index is 2440. The van der Waals surface area contributed by atoms with Crippen LogP contribution in [0.4, 0.5) is 0 Å². The van der Waals surface area contributed by atoms with Crippen LogP contribution in [0.3, 0.4) is 0 Å². The molecule has 4 heteroatoms. The Labute approximate surface area is 394 Å². The van der Waals surface area contributed by atoms with Gasteiger partial charge in [0.1, 0.15) is 0 Å². The molecule has 0 heterocycles. The van der Waals surface area contributed by atoms with Gasteiger partial charge >= 0.3 is 37.9 Å². The van der Waals surface area contributed by atoms with Crippen LogP contribution in [0.15, 0.2) is 146 Å². The monoisotopic (exact) mass is 948 g/mol. The molecule has 0 aliphatic heterocycles. The molecule has 8 aromatic rings. The second-order valence-electron chi connectivity index (χ2n) is 18.2. The molecule has 318 valence electrons. The van der Waals surface area contributed by atoms with Gasteiger partial charge in [-0.15, -0.1) is 69.1 Å². The van der Waals surface area contributed by atoms with Crippen LogP contribution in [0, 0.1) is 10.8 Å². The van der Waals surface area contributed by atoms with Crippen LogP contribution >= 0.6 is 17.0 Å². The van der Waals surface area contributed by atoms with E-state index in [2.05, 4.69) is 173 Å². The van der Waals surface area contributed by atoms with E-state index in [1.54, 1.807) is 0 Å². The van der Waals surface area contributed by atoms with Gasteiger partial charge in [-0.05, 0) is 82.0 Å². The molecule has 0 bridgehead atoms. The molecule has 0 N–H and O–H groups in total. The summed E-state index contributed by atoms with van der Waals surface area (Å²) in [6.45, 7) is 9.10. The molecule has 2 fully saturated rings. The molecule has 2 saturated carbocycles. The van der Waals surface area contributed by atoms with Crippen LogP contribution in [0.1, 0.15) is 102 Å². The summed E-state index contributed by atoms with van der Waals surface area (Å²) in [5.41, 5.74) is 9.57. The third-order valence-electron chi connectivity index (χ3n) is 14.3. The van der Waals surface area contributed by atoms with E-state index in [0.717, 1.165) is 9.52 Å². The molecule has 10 rings (SSSR count). The molecule has 8 aromatic carbocycles. The van der Waals surface area contributed by atoms with Crippen LogP contribution in [-0.2, 0) is 33.7 Å². The molecule has 0 atom stereocenters. The van der Waals surface area contributed by atoms with Gasteiger partial charge in [0.25, 0.3) is 0 Å². The van der Waals surface area contributed by atoms with Crippen molar-refractivity contribution in [2.24, 2.45) is 10.8 Å². The van der Waals surface area contributed by atoms with E-state index in [4.69, 9.17) is 17.0 Å². The number of halogens is 2. The van der Waals surface area contributed by atoms with Gasteiger partial charge in [0.05, 0.1) is 0 Å². The molecule has 2 radical (unpaired) electrons. The predicted octanol–water partition coefficient (Wildman–Crippen LogP) is 18.7. The van der Waals surface area contributed by atoms with E-state index in [0.29, 0.717) is 10.8 Å². The molecular weight excluding hydrogens is 887 g/mol. The summed E-state index contributed by atoms with van der Waals surface area (Å²) in [5.74, 6) is 0. The van der Waals surface area contributed by atoms with Gasteiger partial charge in [0.2, 0.25) is 0 Å². The predicted molar refractivity (Wildman–Crippen MR) is 273 cm³/mol. The summed E-state index contributed by atoms with van der Waals surface area (Å²) in [6.07, 6.45) is 19.2. The maximum absolute atomic E-state index is 4.93. The van der Waals surface area contributed by atoms with Gasteiger partial charge in [0, 0.05) is 9.52 Å². The summed E-state index contributed by atoms with van der Waals surface area (Å²) in [5, 5.41) is 10.9. The van der Waals surface area contributed by atoms with Crippen LogP contribution in [0.25, 0.3) is 65.3 Å². The average Bonchev–Trinajstić information content (AvgIpc) is 3.93. The fourth-order valence-electron chi connectivity index (χ4n) is 11.0. The molecule has 0 saturated heterocycles. The molecule has 0 spiro atoms. The Hall–Kier alpha value is -3.26. The van der Waals surface area contributed by atoms with Crippen molar-refractivity contribution in [3.8, 4) is 22.3 Å². The number of fused-ring (bicyclic) bond motifs is 4. The standard InChI is InChI=1S/2C28H29.C2H6Si.2ClH.Zr/c2*1-2-28(16-6-3-7-17-28)20-21-18-23-12-9-15-26(27(23)19-21)25-14-8-11-22-10-4-5-13-24(22)25;1-3-2;;;/h2*4-5,8-15,18-19H,2-3,6-7,16-17,20H2,1H3;1-2H3;2*1H;/q2*-1;;;;+4/p-2. The van der Waals surface area contributed by atoms with Crippen molar-refractivity contribution in [3.63, 3.8) is 0 Å². The topological polar surface area (TPSA) is 0 Å². The quantitative estimate of drug-likeness (QED) is 0.105. The molecule has 2 aliphatic rings. The van der Waals surface area contributed by atoms with Gasteiger partial charge in [-0.2, -0.15) is 12.1 Å². The van der Waals surface area contributed by atoms with Gasteiger partial charge in [-0.25, -0.2) is 0 Å². The Morgan fingerprint density at radius 3 is 1.16 bits per heavy atom.